The molecule has 0 aromatic rings. The van der Waals surface area contributed by atoms with Crippen LogP contribution in [0.1, 0.15) is 33.6 Å². The van der Waals surface area contributed by atoms with Gasteiger partial charge in [-0.15, -0.1) is 0 Å². The van der Waals surface area contributed by atoms with Crippen molar-refractivity contribution in [1.29, 1.82) is 0 Å². The predicted octanol–water partition coefficient (Wildman–Crippen LogP) is 0.605. The fourth-order valence-corrected chi connectivity index (χ4v) is 1.35. The van der Waals surface area contributed by atoms with Crippen molar-refractivity contribution in [2.45, 2.75) is 39.2 Å². The van der Waals surface area contributed by atoms with Gasteiger partial charge in [-0.1, -0.05) is 13.8 Å². The summed E-state index contributed by atoms with van der Waals surface area (Å²) in [4.78, 5) is 13.2. The number of hydrogen-bond donors (Lipinski definition) is 2. The summed E-state index contributed by atoms with van der Waals surface area (Å²) in [6.45, 7) is 7.05. The molecular weight excluding hydrogens is 192 g/mol. The Morgan fingerprint density at radius 2 is 1.87 bits per heavy atom. The number of rotatable bonds is 7. The average molecular weight is 216 g/mol. The van der Waals surface area contributed by atoms with Gasteiger partial charge < -0.3 is 15.3 Å². The van der Waals surface area contributed by atoms with Gasteiger partial charge in [0, 0.05) is 19.1 Å². The largest absolute Gasteiger partial charge is 0.394 e. The summed E-state index contributed by atoms with van der Waals surface area (Å²) < 4.78 is 0. The molecule has 1 amide bonds. The first-order chi connectivity index (χ1) is 7.05. The maximum Gasteiger partial charge on any atom is 0.236 e. The van der Waals surface area contributed by atoms with Gasteiger partial charge in [-0.25, -0.2) is 0 Å². The lowest BCUT2D eigenvalue weighted by molar-refractivity contribution is -0.129. The fraction of sp³-hybridized carbons (Fsp3) is 0.909. The Labute approximate surface area is 92.7 Å². The van der Waals surface area contributed by atoms with Gasteiger partial charge in [-0.2, -0.15) is 0 Å². The molecule has 0 aliphatic rings. The van der Waals surface area contributed by atoms with Crippen molar-refractivity contribution < 1.29 is 9.90 Å². The number of amides is 1. The number of nitrogens with one attached hydrogen (secondary N) is 1. The second-order valence-corrected chi connectivity index (χ2v) is 3.91. The summed E-state index contributed by atoms with van der Waals surface area (Å²) in [6, 6.07) is 0. The van der Waals surface area contributed by atoms with Crippen LogP contribution >= 0.6 is 0 Å². The summed E-state index contributed by atoms with van der Waals surface area (Å²) in [5, 5.41) is 12.5. The molecule has 90 valence electrons. The molecule has 0 aromatic heterocycles. The average Bonchev–Trinajstić information content (AvgIpc) is 2.30. The zero-order valence-electron chi connectivity index (χ0n) is 10.3. The molecule has 0 bridgehead atoms. The molecule has 0 unspecified atom stereocenters. The second-order valence-electron chi connectivity index (χ2n) is 3.91. The standard InChI is InChI=1S/C11H24N2O2/c1-5-11(6-2,9-14)12-8-10(15)13(4)7-3/h12,14H,5-9H2,1-4H3. The van der Waals surface area contributed by atoms with Crippen molar-refractivity contribution in [1.82, 2.24) is 10.2 Å². The smallest absolute Gasteiger partial charge is 0.236 e. The van der Waals surface area contributed by atoms with Gasteiger partial charge in [-0.05, 0) is 19.8 Å². The van der Waals surface area contributed by atoms with Crippen LogP contribution in [-0.2, 0) is 4.79 Å². The van der Waals surface area contributed by atoms with Crippen LogP contribution in [0.5, 0.6) is 0 Å². The summed E-state index contributed by atoms with van der Waals surface area (Å²) in [5.41, 5.74) is -0.301. The second kappa shape index (κ2) is 6.80. The molecule has 15 heavy (non-hydrogen) atoms. The Hall–Kier alpha value is -0.610. The number of likely N-dealkylation sites (N-methyl/N-ethyl adjacent to an activating group) is 1. The Morgan fingerprint density at radius 3 is 2.20 bits per heavy atom. The molecule has 0 heterocycles. The minimum absolute atomic E-state index is 0.0669. The van der Waals surface area contributed by atoms with Crippen LogP contribution in [0, 0.1) is 0 Å². The molecule has 0 aliphatic heterocycles. The maximum atomic E-state index is 11.6. The first-order valence-corrected chi connectivity index (χ1v) is 5.65. The Kier molecular flexibility index (Phi) is 6.52. The lowest BCUT2D eigenvalue weighted by Gasteiger charge is -2.31. The zero-order valence-corrected chi connectivity index (χ0v) is 10.3. The van der Waals surface area contributed by atoms with Gasteiger partial charge in [-0.3, -0.25) is 4.79 Å². The topological polar surface area (TPSA) is 52.6 Å². The van der Waals surface area contributed by atoms with Crippen molar-refractivity contribution in [3.63, 3.8) is 0 Å². The summed E-state index contributed by atoms with van der Waals surface area (Å²) >= 11 is 0. The van der Waals surface area contributed by atoms with E-state index in [1.165, 1.54) is 0 Å². The van der Waals surface area contributed by atoms with E-state index in [0.29, 0.717) is 13.1 Å². The Morgan fingerprint density at radius 1 is 1.33 bits per heavy atom. The first kappa shape index (κ1) is 14.4. The molecule has 0 atom stereocenters. The van der Waals surface area contributed by atoms with Crippen molar-refractivity contribution in [2.75, 3.05) is 26.7 Å². The molecule has 4 nitrogen and oxygen atoms in total. The van der Waals surface area contributed by atoms with Gasteiger partial charge in [0.1, 0.15) is 0 Å². The summed E-state index contributed by atoms with van der Waals surface area (Å²) in [5.74, 6) is 0.0669. The van der Waals surface area contributed by atoms with Crippen molar-refractivity contribution in [2.24, 2.45) is 0 Å². The van der Waals surface area contributed by atoms with Crippen LogP contribution < -0.4 is 5.32 Å². The van der Waals surface area contributed by atoms with Crippen LogP contribution in [0.2, 0.25) is 0 Å². The zero-order chi connectivity index (χ0) is 11.9. The van der Waals surface area contributed by atoms with E-state index in [0.717, 1.165) is 12.8 Å². The monoisotopic (exact) mass is 216 g/mol. The van der Waals surface area contributed by atoms with Crippen molar-refractivity contribution in [3.05, 3.63) is 0 Å². The van der Waals surface area contributed by atoms with Crippen LogP contribution in [0.25, 0.3) is 0 Å². The van der Waals surface area contributed by atoms with Gasteiger partial charge >= 0.3 is 0 Å². The van der Waals surface area contributed by atoms with Gasteiger partial charge in [0.2, 0.25) is 5.91 Å². The van der Waals surface area contributed by atoms with E-state index in [9.17, 15) is 9.90 Å². The molecule has 0 radical (unpaired) electrons. The van der Waals surface area contributed by atoms with Gasteiger partial charge in [0.25, 0.3) is 0 Å². The van der Waals surface area contributed by atoms with E-state index < -0.39 is 0 Å². The van der Waals surface area contributed by atoms with Gasteiger partial charge in [0.15, 0.2) is 0 Å². The van der Waals surface area contributed by atoms with Crippen molar-refractivity contribution in [3.8, 4) is 0 Å². The van der Waals surface area contributed by atoms with E-state index >= 15 is 0 Å². The normalized spacial score (nSPS) is 11.5. The summed E-state index contributed by atoms with van der Waals surface area (Å²) in [6.07, 6.45) is 1.65. The van der Waals surface area contributed by atoms with E-state index in [2.05, 4.69) is 5.32 Å². The highest BCUT2D eigenvalue weighted by atomic mass is 16.3. The number of carbonyl (C=O) groups excluding carboxylic acids is 1. The van der Waals surface area contributed by atoms with E-state index in [4.69, 9.17) is 0 Å². The Balaban J connectivity index is 4.16. The van der Waals surface area contributed by atoms with Crippen LogP contribution in [0.4, 0.5) is 0 Å². The molecular formula is C11H24N2O2. The number of aliphatic hydroxyl groups is 1. The summed E-state index contributed by atoms with van der Waals surface area (Å²) in [7, 11) is 1.78. The lowest BCUT2D eigenvalue weighted by atomic mass is 9.94. The highest BCUT2D eigenvalue weighted by Crippen LogP contribution is 2.13. The number of carbonyl (C=O) groups is 1. The fourth-order valence-electron chi connectivity index (χ4n) is 1.35. The predicted molar refractivity (Wildman–Crippen MR) is 61.7 cm³/mol. The van der Waals surface area contributed by atoms with Crippen LogP contribution in [0.15, 0.2) is 0 Å². The number of aliphatic hydroxyl groups excluding tert-OH is 1. The van der Waals surface area contributed by atoms with E-state index in [-0.39, 0.29) is 18.1 Å². The molecule has 2 N–H and O–H groups in total. The molecule has 4 heteroatoms. The van der Waals surface area contributed by atoms with Crippen LogP contribution in [0.3, 0.4) is 0 Å². The van der Waals surface area contributed by atoms with E-state index in [1.54, 1.807) is 11.9 Å². The van der Waals surface area contributed by atoms with Crippen molar-refractivity contribution >= 4 is 5.91 Å². The third-order valence-electron chi connectivity index (χ3n) is 3.17. The molecule has 0 saturated carbocycles. The molecule has 0 fully saturated rings. The van der Waals surface area contributed by atoms with Gasteiger partial charge in [0.05, 0.1) is 13.2 Å². The highest BCUT2D eigenvalue weighted by molar-refractivity contribution is 5.78. The molecule has 0 saturated heterocycles. The number of nitrogens with zero attached hydrogens (tertiary/aromatic N) is 1. The molecule has 0 aliphatic carbocycles. The molecule has 0 spiro atoms. The quantitative estimate of drug-likeness (QED) is 0.655. The lowest BCUT2D eigenvalue weighted by Crippen LogP contribution is -2.51. The third kappa shape index (κ3) is 4.18. The molecule has 0 rings (SSSR count). The first-order valence-electron chi connectivity index (χ1n) is 5.65. The highest BCUT2D eigenvalue weighted by Gasteiger charge is 2.25. The van der Waals surface area contributed by atoms with E-state index in [1.807, 2.05) is 20.8 Å². The minimum atomic E-state index is -0.301. The third-order valence-corrected chi connectivity index (χ3v) is 3.17. The molecule has 0 aromatic carbocycles. The minimum Gasteiger partial charge on any atom is -0.394 e. The number of hydrogen-bond acceptors (Lipinski definition) is 3. The Bertz CT molecular complexity index is 183. The van der Waals surface area contributed by atoms with Crippen LogP contribution in [-0.4, -0.2) is 48.2 Å². The SMILES string of the molecule is CCN(C)C(=O)CNC(CC)(CC)CO. The maximum absolute atomic E-state index is 11.6.